The summed E-state index contributed by atoms with van der Waals surface area (Å²) in [5, 5.41) is 4.13. The topological polar surface area (TPSA) is 68.4 Å². The fourth-order valence-corrected chi connectivity index (χ4v) is 3.90. The third kappa shape index (κ3) is 6.85. The molecule has 2 aromatic carbocycles. The summed E-state index contributed by atoms with van der Waals surface area (Å²) in [4.78, 5) is 32.9. The van der Waals surface area contributed by atoms with Gasteiger partial charge in [-0.1, -0.05) is 61.9 Å². The Balaban J connectivity index is 1.73. The van der Waals surface area contributed by atoms with Gasteiger partial charge < -0.3 is 20.1 Å². The maximum atomic E-state index is 13.4. The van der Waals surface area contributed by atoms with Crippen molar-refractivity contribution in [3.63, 3.8) is 0 Å². The summed E-state index contributed by atoms with van der Waals surface area (Å²) in [6, 6.07) is 18.0. The number of aromatic nitrogens is 1. The Morgan fingerprint density at radius 1 is 1.03 bits per heavy atom. The number of fused-ring (bicyclic) bond motifs is 1. The molecule has 6 nitrogen and oxygen atoms in total. The number of hydrogen-bond acceptors (Lipinski definition) is 2. The van der Waals surface area contributed by atoms with E-state index in [-0.39, 0.29) is 24.5 Å². The minimum atomic E-state index is -0.178. The zero-order valence-corrected chi connectivity index (χ0v) is 20.0. The third-order valence-corrected chi connectivity index (χ3v) is 5.89. The maximum absolute atomic E-state index is 13.4. The molecule has 6 heteroatoms. The van der Waals surface area contributed by atoms with E-state index in [0.29, 0.717) is 19.6 Å². The summed E-state index contributed by atoms with van der Waals surface area (Å²) in [5.74, 6) is -0.0435. The van der Waals surface area contributed by atoms with Gasteiger partial charge in [0, 0.05) is 42.8 Å². The SMILES string of the molecule is CCCCNC(=O)N(CC(=O)N(CCc1c[nH]c2ccccc12)Cc1ccccc1)C(C)C. The van der Waals surface area contributed by atoms with E-state index in [1.165, 1.54) is 10.9 Å². The van der Waals surface area contributed by atoms with E-state index in [2.05, 4.69) is 29.4 Å². The number of nitrogens with zero attached hydrogens (tertiary/aromatic N) is 2. The standard InChI is InChI=1S/C27H36N4O2/c1-4-5-16-28-27(33)31(21(2)3)20-26(32)30(19-22-11-7-6-8-12-22)17-15-23-18-29-25-14-10-9-13-24(23)25/h6-14,18,21,29H,4-5,15-17,19-20H2,1-3H3,(H,28,33). The van der Waals surface area contributed by atoms with E-state index >= 15 is 0 Å². The Bertz CT molecular complexity index is 1030. The van der Waals surface area contributed by atoms with Gasteiger partial charge >= 0.3 is 6.03 Å². The molecule has 3 rings (SSSR count). The van der Waals surface area contributed by atoms with Crippen LogP contribution in [0.2, 0.25) is 0 Å². The molecule has 33 heavy (non-hydrogen) atoms. The van der Waals surface area contributed by atoms with E-state index in [1.54, 1.807) is 4.90 Å². The molecule has 0 saturated heterocycles. The van der Waals surface area contributed by atoms with Gasteiger partial charge in [0.1, 0.15) is 6.54 Å². The van der Waals surface area contributed by atoms with Gasteiger partial charge in [0.25, 0.3) is 0 Å². The van der Waals surface area contributed by atoms with Crippen molar-refractivity contribution in [2.45, 2.75) is 52.6 Å². The second-order valence-corrected chi connectivity index (χ2v) is 8.72. The number of benzene rings is 2. The number of amides is 3. The Morgan fingerprint density at radius 3 is 2.48 bits per heavy atom. The number of hydrogen-bond donors (Lipinski definition) is 2. The molecule has 0 radical (unpaired) electrons. The Labute approximate surface area is 197 Å². The molecule has 0 saturated carbocycles. The number of unbranched alkanes of at least 4 members (excludes halogenated alkanes) is 1. The molecule has 0 aliphatic rings. The number of para-hydroxylation sites is 1. The molecular formula is C27H36N4O2. The van der Waals surface area contributed by atoms with Gasteiger partial charge in [0.2, 0.25) is 5.91 Å². The fraction of sp³-hybridized carbons (Fsp3) is 0.407. The van der Waals surface area contributed by atoms with E-state index in [9.17, 15) is 9.59 Å². The number of urea groups is 1. The van der Waals surface area contributed by atoms with E-state index < -0.39 is 0 Å². The second kappa shape index (κ2) is 12.1. The summed E-state index contributed by atoms with van der Waals surface area (Å²) in [6.07, 6.45) is 4.71. The minimum Gasteiger partial charge on any atom is -0.361 e. The zero-order chi connectivity index (χ0) is 23.6. The van der Waals surface area contributed by atoms with Crippen molar-refractivity contribution in [1.29, 1.82) is 0 Å². The molecule has 0 unspecified atom stereocenters. The monoisotopic (exact) mass is 448 g/mol. The lowest BCUT2D eigenvalue weighted by molar-refractivity contribution is -0.132. The number of carbonyl (C=O) groups is 2. The van der Waals surface area contributed by atoms with Crippen LogP contribution in [-0.2, 0) is 17.8 Å². The molecule has 0 aliphatic heterocycles. The van der Waals surface area contributed by atoms with Crippen LogP contribution < -0.4 is 5.32 Å². The molecule has 3 amide bonds. The van der Waals surface area contributed by atoms with Crippen molar-refractivity contribution < 1.29 is 9.59 Å². The van der Waals surface area contributed by atoms with Gasteiger partial charge in [-0.05, 0) is 43.9 Å². The van der Waals surface area contributed by atoms with Crippen LogP contribution >= 0.6 is 0 Å². The number of carbonyl (C=O) groups excluding carboxylic acids is 2. The molecule has 0 bridgehead atoms. The van der Waals surface area contributed by atoms with E-state index in [4.69, 9.17) is 0 Å². The minimum absolute atomic E-state index is 0.0435. The van der Waals surface area contributed by atoms with Gasteiger partial charge in [-0.2, -0.15) is 0 Å². The normalized spacial score (nSPS) is 11.0. The average Bonchev–Trinajstić information content (AvgIpc) is 3.23. The number of H-pyrrole nitrogens is 1. The fourth-order valence-electron chi connectivity index (χ4n) is 3.90. The van der Waals surface area contributed by atoms with Gasteiger partial charge in [0.15, 0.2) is 0 Å². The molecule has 1 aromatic heterocycles. The second-order valence-electron chi connectivity index (χ2n) is 8.72. The molecule has 0 atom stereocenters. The van der Waals surface area contributed by atoms with Crippen molar-refractivity contribution in [2.24, 2.45) is 0 Å². The summed E-state index contributed by atoms with van der Waals surface area (Å²) in [6.45, 7) is 7.77. The predicted molar refractivity (Wildman–Crippen MR) is 134 cm³/mol. The highest BCUT2D eigenvalue weighted by Crippen LogP contribution is 2.19. The molecular weight excluding hydrogens is 412 g/mol. The van der Waals surface area contributed by atoms with Crippen LogP contribution in [0.25, 0.3) is 10.9 Å². The Morgan fingerprint density at radius 2 is 1.76 bits per heavy atom. The van der Waals surface area contributed by atoms with E-state index in [0.717, 1.165) is 30.3 Å². The van der Waals surface area contributed by atoms with Crippen molar-refractivity contribution in [1.82, 2.24) is 20.1 Å². The van der Waals surface area contributed by atoms with Crippen LogP contribution in [-0.4, -0.2) is 52.4 Å². The lowest BCUT2D eigenvalue weighted by Crippen LogP contribution is -2.49. The molecule has 0 spiro atoms. The van der Waals surface area contributed by atoms with E-state index in [1.807, 2.05) is 67.4 Å². The van der Waals surface area contributed by atoms with Crippen LogP contribution in [0.3, 0.4) is 0 Å². The first-order valence-electron chi connectivity index (χ1n) is 11.9. The third-order valence-electron chi connectivity index (χ3n) is 5.89. The predicted octanol–water partition coefficient (Wildman–Crippen LogP) is 4.96. The molecule has 0 fully saturated rings. The Hall–Kier alpha value is -3.28. The first-order chi connectivity index (χ1) is 16.0. The van der Waals surface area contributed by atoms with Crippen molar-refractivity contribution in [2.75, 3.05) is 19.6 Å². The number of nitrogens with one attached hydrogen (secondary N) is 2. The molecule has 1 heterocycles. The average molecular weight is 449 g/mol. The lowest BCUT2D eigenvalue weighted by Gasteiger charge is -2.30. The van der Waals surface area contributed by atoms with Gasteiger partial charge in [-0.3, -0.25) is 4.79 Å². The number of rotatable bonds is 11. The first-order valence-corrected chi connectivity index (χ1v) is 11.9. The number of aromatic amines is 1. The quantitative estimate of drug-likeness (QED) is 0.407. The smallest absolute Gasteiger partial charge is 0.318 e. The molecule has 3 aromatic rings. The maximum Gasteiger partial charge on any atom is 0.318 e. The van der Waals surface area contributed by atoms with Crippen LogP contribution in [0, 0.1) is 0 Å². The highest BCUT2D eigenvalue weighted by molar-refractivity contribution is 5.85. The first kappa shape index (κ1) is 24.4. The van der Waals surface area contributed by atoms with Crippen molar-refractivity contribution in [3.8, 4) is 0 Å². The summed E-state index contributed by atoms with van der Waals surface area (Å²) < 4.78 is 0. The highest BCUT2D eigenvalue weighted by atomic mass is 16.2. The van der Waals surface area contributed by atoms with Crippen LogP contribution in [0.4, 0.5) is 4.79 Å². The van der Waals surface area contributed by atoms with Crippen LogP contribution in [0.5, 0.6) is 0 Å². The highest BCUT2D eigenvalue weighted by Gasteiger charge is 2.23. The van der Waals surface area contributed by atoms with Crippen molar-refractivity contribution >= 4 is 22.8 Å². The summed E-state index contributed by atoms with van der Waals surface area (Å²) >= 11 is 0. The lowest BCUT2D eigenvalue weighted by atomic mass is 10.1. The summed E-state index contributed by atoms with van der Waals surface area (Å²) in [7, 11) is 0. The van der Waals surface area contributed by atoms with Crippen LogP contribution in [0.15, 0.2) is 60.8 Å². The summed E-state index contributed by atoms with van der Waals surface area (Å²) in [5.41, 5.74) is 3.37. The molecule has 176 valence electrons. The molecule has 2 N–H and O–H groups in total. The van der Waals surface area contributed by atoms with Crippen LogP contribution in [0.1, 0.15) is 44.7 Å². The Kier molecular flexibility index (Phi) is 8.93. The molecule has 0 aliphatic carbocycles. The van der Waals surface area contributed by atoms with Gasteiger partial charge in [-0.25, -0.2) is 4.79 Å². The largest absolute Gasteiger partial charge is 0.361 e. The van der Waals surface area contributed by atoms with Gasteiger partial charge in [0.05, 0.1) is 0 Å². The van der Waals surface area contributed by atoms with Crippen molar-refractivity contribution in [3.05, 3.63) is 71.9 Å². The van der Waals surface area contributed by atoms with Gasteiger partial charge in [-0.15, -0.1) is 0 Å². The zero-order valence-electron chi connectivity index (χ0n) is 20.0.